The molecule has 0 unspecified atom stereocenters. The number of Topliss-reactive ketones (excluding diaryl/α,β-unsaturated/α-hetero) is 1. The van der Waals surface area contributed by atoms with Crippen LogP contribution >= 0.6 is 0 Å². The van der Waals surface area contributed by atoms with E-state index < -0.39 is 21.9 Å². The second kappa shape index (κ2) is 6.33. The van der Waals surface area contributed by atoms with Crippen LogP contribution in [0.4, 0.5) is 0 Å². The number of ketones is 1. The van der Waals surface area contributed by atoms with E-state index in [1.807, 2.05) is 6.07 Å². The minimum atomic E-state index is -3.31. The van der Waals surface area contributed by atoms with Crippen LogP contribution in [0.5, 0.6) is 0 Å². The SMILES string of the molecule is CS(=O)(=O)N1CCC[C@@H](C(=O)[C@@H](C#N)c2ccccn2)C1. The van der Waals surface area contributed by atoms with Gasteiger partial charge in [-0.25, -0.2) is 12.7 Å². The van der Waals surface area contributed by atoms with Gasteiger partial charge in [-0.2, -0.15) is 5.26 Å². The van der Waals surface area contributed by atoms with Gasteiger partial charge in [0.2, 0.25) is 10.0 Å². The number of nitriles is 1. The van der Waals surface area contributed by atoms with Crippen LogP contribution in [0.25, 0.3) is 0 Å². The van der Waals surface area contributed by atoms with Crippen LogP contribution < -0.4 is 0 Å². The zero-order valence-electron chi connectivity index (χ0n) is 11.8. The van der Waals surface area contributed by atoms with Gasteiger partial charge in [-0.1, -0.05) is 6.07 Å². The Balaban J connectivity index is 2.17. The zero-order chi connectivity index (χ0) is 15.5. The molecule has 0 amide bonds. The molecule has 0 bridgehead atoms. The molecule has 112 valence electrons. The molecule has 1 fully saturated rings. The molecule has 7 heteroatoms. The number of carbonyl (C=O) groups excluding carboxylic acids is 1. The summed E-state index contributed by atoms with van der Waals surface area (Å²) in [5.41, 5.74) is 0.418. The fraction of sp³-hybridized carbons (Fsp3) is 0.500. The number of piperidine rings is 1. The first kappa shape index (κ1) is 15.6. The molecule has 0 radical (unpaired) electrons. The molecule has 1 aromatic rings. The van der Waals surface area contributed by atoms with Crippen molar-refractivity contribution in [3.63, 3.8) is 0 Å². The Kier molecular flexibility index (Phi) is 4.70. The molecule has 0 aliphatic carbocycles. The predicted octanol–water partition coefficient (Wildman–Crippen LogP) is 0.929. The third kappa shape index (κ3) is 3.65. The molecule has 2 rings (SSSR count). The lowest BCUT2D eigenvalue weighted by Crippen LogP contribution is -2.42. The highest BCUT2D eigenvalue weighted by Crippen LogP contribution is 2.25. The lowest BCUT2D eigenvalue weighted by Gasteiger charge is -2.30. The predicted molar refractivity (Wildman–Crippen MR) is 76.7 cm³/mol. The first-order chi connectivity index (χ1) is 9.93. The molecule has 2 atom stereocenters. The Labute approximate surface area is 124 Å². The van der Waals surface area contributed by atoms with E-state index in [2.05, 4.69) is 4.98 Å². The molecule has 21 heavy (non-hydrogen) atoms. The standard InChI is InChI=1S/C14H17N3O3S/c1-21(19,20)17-8-4-5-11(10-17)14(18)12(9-15)13-6-2-3-7-16-13/h2-3,6-7,11-12H,4-5,8,10H2,1H3/t11-,12+/m1/s1. The first-order valence-electron chi connectivity index (χ1n) is 6.73. The Hall–Kier alpha value is -1.78. The summed E-state index contributed by atoms with van der Waals surface area (Å²) >= 11 is 0. The highest BCUT2D eigenvalue weighted by atomic mass is 32.2. The van der Waals surface area contributed by atoms with Crippen LogP contribution in [-0.4, -0.2) is 42.8 Å². The first-order valence-corrected chi connectivity index (χ1v) is 8.57. The van der Waals surface area contributed by atoms with Gasteiger partial charge in [0.15, 0.2) is 5.78 Å². The molecule has 1 saturated heterocycles. The van der Waals surface area contributed by atoms with Gasteiger partial charge in [0.25, 0.3) is 0 Å². The van der Waals surface area contributed by atoms with Crippen LogP contribution in [0.1, 0.15) is 24.5 Å². The number of hydrogen-bond donors (Lipinski definition) is 0. The maximum Gasteiger partial charge on any atom is 0.211 e. The summed E-state index contributed by atoms with van der Waals surface area (Å²) in [6.45, 7) is 0.589. The molecule has 1 aliphatic rings. The van der Waals surface area contributed by atoms with Crippen LogP contribution in [0.15, 0.2) is 24.4 Å². The molecule has 1 aromatic heterocycles. The lowest BCUT2D eigenvalue weighted by molar-refractivity contribution is -0.124. The van der Waals surface area contributed by atoms with Crippen molar-refractivity contribution in [1.82, 2.24) is 9.29 Å². The van der Waals surface area contributed by atoms with E-state index in [-0.39, 0.29) is 12.3 Å². The molecule has 2 heterocycles. The van der Waals surface area contributed by atoms with E-state index in [0.717, 1.165) is 6.26 Å². The Bertz CT molecular complexity index is 652. The van der Waals surface area contributed by atoms with E-state index in [4.69, 9.17) is 0 Å². The number of pyridine rings is 1. The van der Waals surface area contributed by atoms with Crippen LogP contribution in [0, 0.1) is 17.2 Å². The fourth-order valence-electron chi connectivity index (χ4n) is 2.53. The van der Waals surface area contributed by atoms with Crippen molar-refractivity contribution in [3.05, 3.63) is 30.1 Å². The highest BCUT2D eigenvalue weighted by molar-refractivity contribution is 7.88. The summed E-state index contributed by atoms with van der Waals surface area (Å²) < 4.78 is 24.5. The maximum atomic E-state index is 12.5. The van der Waals surface area contributed by atoms with Crippen molar-refractivity contribution in [3.8, 4) is 6.07 Å². The summed E-state index contributed by atoms with van der Waals surface area (Å²) in [6, 6.07) is 7.07. The average Bonchev–Trinajstić information content (AvgIpc) is 2.48. The average molecular weight is 307 g/mol. The Morgan fingerprint density at radius 1 is 1.52 bits per heavy atom. The normalized spacial score (nSPS) is 21.4. The van der Waals surface area contributed by atoms with E-state index >= 15 is 0 Å². The molecule has 0 saturated carbocycles. The molecular weight excluding hydrogens is 290 g/mol. The summed E-state index contributed by atoms with van der Waals surface area (Å²) in [5.74, 6) is -1.62. The second-order valence-electron chi connectivity index (χ2n) is 5.18. The Morgan fingerprint density at radius 3 is 2.86 bits per heavy atom. The molecule has 1 aliphatic heterocycles. The minimum Gasteiger partial charge on any atom is -0.297 e. The number of hydrogen-bond acceptors (Lipinski definition) is 5. The second-order valence-corrected chi connectivity index (χ2v) is 7.16. The van der Waals surface area contributed by atoms with Gasteiger partial charge in [0, 0.05) is 25.2 Å². The topological polar surface area (TPSA) is 91.1 Å². The van der Waals surface area contributed by atoms with Crippen LogP contribution in [0.3, 0.4) is 0 Å². The van der Waals surface area contributed by atoms with Gasteiger partial charge in [-0.15, -0.1) is 0 Å². The molecule has 0 spiro atoms. The van der Waals surface area contributed by atoms with Gasteiger partial charge in [0.05, 0.1) is 18.0 Å². The number of sulfonamides is 1. The maximum absolute atomic E-state index is 12.5. The monoisotopic (exact) mass is 307 g/mol. The van der Waals surface area contributed by atoms with Crippen molar-refractivity contribution < 1.29 is 13.2 Å². The lowest BCUT2D eigenvalue weighted by atomic mass is 9.86. The third-order valence-corrected chi connectivity index (χ3v) is 4.92. The van der Waals surface area contributed by atoms with Crippen molar-refractivity contribution in [2.45, 2.75) is 18.8 Å². The van der Waals surface area contributed by atoms with Crippen molar-refractivity contribution in [2.75, 3.05) is 19.3 Å². The number of nitrogens with zero attached hydrogens (tertiary/aromatic N) is 3. The van der Waals surface area contributed by atoms with E-state index in [0.29, 0.717) is 25.1 Å². The van der Waals surface area contributed by atoms with Gasteiger partial charge < -0.3 is 0 Å². The van der Waals surface area contributed by atoms with Crippen LogP contribution in [-0.2, 0) is 14.8 Å². The van der Waals surface area contributed by atoms with E-state index in [1.165, 1.54) is 10.5 Å². The smallest absolute Gasteiger partial charge is 0.211 e. The third-order valence-electron chi connectivity index (χ3n) is 3.65. The molecule has 0 aromatic carbocycles. The summed E-state index contributed by atoms with van der Waals surface area (Å²) in [7, 11) is -3.31. The fourth-order valence-corrected chi connectivity index (χ4v) is 3.45. The quantitative estimate of drug-likeness (QED) is 0.825. The van der Waals surface area contributed by atoms with E-state index in [1.54, 1.807) is 18.2 Å². The Morgan fingerprint density at radius 2 is 2.29 bits per heavy atom. The molecule has 6 nitrogen and oxygen atoms in total. The molecular formula is C14H17N3O3S. The number of aromatic nitrogens is 1. The number of rotatable bonds is 4. The van der Waals surface area contributed by atoms with E-state index in [9.17, 15) is 18.5 Å². The molecule has 0 N–H and O–H groups in total. The number of carbonyl (C=O) groups is 1. The summed E-state index contributed by atoms with van der Waals surface area (Å²) in [4.78, 5) is 16.6. The largest absolute Gasteiger partial charge is 0.297 e. The van der Waals surface area contributed by atoms with Crippen molar-refractivity contribution >= 4 is 15.8 Å². The highest BCUT2D eigenvalue weighted by Gasteiger charge is 2.34. The van der Waals surface area contributed by atoms with Gasteiger partial charge in [-0.05, 0) is 25.0 Å². The van der Waals surface area contributed by atoms with Gasteiger partial charge >= 0.3 is 0 Å². The van der Waals surface area contributed by atoms with Gasteiger partial charge in [0.1, 0.15) is 5.92 Å². The van der Waals surface area contributed by atoms with Crippen molar-refractivity contribution in [2.24, 2.45) is 5.92 Å². The summed E-state index contributed by atoms with van der Waals surface area (Å²) in [6.07, 6.45) is 3.91. The zero-order valence-corrected chi connectivity index (χ0v) is 12.6. The van der Waals surface area contributed by atoms with Crippen molar-refractivity contribution in [1.29, 1.82) is 5.26 Å². The summed E-state index contributed by atoms with van der Waals surface area (Å²) in [5, 5.41) is 9.26. The minimum absolute atomic E-state index is 0.155. The van der Waals surface area contributed by atoms with Gasteiger partial charge in [-0.3, -0.25) is 9.78 Å². The van der Waals surface area contributed by atoms with Crippen LogP contribution in [0.2, 0.25) is 0 Å².